The normalized spacial score (nSPS) is 10.6. The lowest BCUT2D eigenvalue weighted by Crippen LogP contribution is -2.28. The number of hydrogen-bond acceptors (Lipinski definition) is 8. The molecule has 0 radical (unpaired) electrons. The van der Waals surface area contributed by atoms with Crippen LogP contribution in [-0.4, -0.2) is 62.8 Å². The summed E-state index contributed by atoms with van der Waals surface area (Å²) in [5.41, 5.74) is -0.136. The summed E-state index contributed by atoms with van der Waals surface area (Å²) >= 11 is 0. The molecule has 1 N–H and O–H groups in total. The molecule has 33 heavy (non-hydrogen) atoms. The predicted octanol–water partition coefficient (Wildman–Crippen LogP) is 3.98. The number of rotatable bonds is 13. The Labute approximate surface area is 193 Å². The van der Waals surface area contributed by atoms with Gasteiger partial charge in [0.2, 0.25) is 0 Å². The third-order valence-electron chi connectivity index (χ3n) is 5.00. The Morgan fingerprint density at radius 1 is 0.970 bits per heavy atom. The molecular formula is C23H31N3O7. The largest absolute Gasteiger partial charge is 0.493 e. The van der Waals surface area contributed by atoms with Crippen molar-refractivity contribution in [3.05, 3.63) is 46.0 Å². The second kappa shape index (κ2) is 12.5. The van der Waals surface area contributed by atoms with Crippen molar-refractivity contribution in [2.24, 2.45) is 0 Å². The minimum absolute atomic E-state index is 0.149. The third-order valence-corrected chi connectivity index (χ3v) is 5.00. The molecule has 1 amide bonds. The first-order valence-corrected chi connectivity index (χ1v) is 10.7. The summed E-state index contributed by atoms with van der Waals surface area (Å²) in [4.78, 5) is 26.1. The van der Waals surface area contributed by atoms with Crippen LogP contribution in [-0.2, 0) is 0 Å². The van der Waals surface area contributed by atoms with E-state index in [0.29, 0.717) is 30.4 Å². The molecule has 0 aliphatic rings. The van der Waals surface area contributed by atoms with Gasteiger partial charge in [0, 0.05) is 24.4 Å². The number of nitrogens with zero attached hydrogens (tertiary/aromatic N) is 2. The van der Waals surface area contributed by atoms with Gasteiger partial charge in [0.05, 0.1) is 31.8 Å². The first-order chi connectivity index (χ1) is 15.9. The maximum Gasteiger partial charge on any atom is 0.286 e. The Balaban J connectivity index is 2.28. The first-order valence-electron chi connectivity index (χ1n) is 10.7. The summed E-state index contributed by atoms with van der Waals surface area (Å²) in [5, 5.41) is 14.3. The van der Waals surface area contributed by atoms with Crippen molar-refractivity contribution < 1.29 is 28.7 Å². The lowest BCUT2D eigenvalue weighted by molar-refractivity contribution is -0.385. The zero-order valence-electron chi connectivity index (χ0n) is 19.7. The standard InChI is InChI=1S/C23H31N3O7/c1-6-25(7-2)11-12-33-21-13-16(9-10-19(21)30-4)24-23(27)17-14-22(32-8-3)20(31-5)15-18(17)26(28)29/h9-10,13-15H,6-8,11-12H2,1-5H3,(H,24,27). The van der Waals surface area contributed by atoms with Crippen molar-refractivity contribution in [1.82, 2.24) is 4.90 Å². The monoisotopic (exact) mass is 461 g/mol. The number of hydrogen-bond donors (Lipinski definition) is 1. The summed E-state index contributed by atoms with van der Waals surface area (Å²) in [6, 6.07) is 7.40. The van der Waals surface area contributed by atoms with Crippen LogP contribution in [0.1, 0.15) is 31.1 Å². The van der Waals surface area contributed by atoms with Crippen LogP contribution in [0.2, 0.25) is 0 Å². The molecule has 0 bridgehead atoms. The van der Waals surface area contributed by atoms with Gasteiger partial charge in [-0.25, -0.2) is 0 Å². The van der Waals surface area contributed by atoms with E-state index < -0.39 is 16.5 Å². The second-order valence-electron chi connectivity index (χ2n) is 6.91. The SMILES string of the molecule is CCOc1cc(C(=O)Nc2ccc(OC)c(OCCN(CC)CC)c2)c([N+](=O)[O-])cc1OC. The van der Waals surface area contributed by atoms with E-state index in [4.69, 9.17) is 18.9 Å². The van der Waals surface area contributed by atoms with E-state index in [-0.39, 0.29) is 17.1 Å². The van der Waals surface area contributed by atoms with Gasteiger partial charge in [-0.05, 0) is 32.1 Å². The molecule has 0 aromatic heterocycles. The molecule has 0 saturated heterocycles. The molecule has 2 aromatic carbocycles. The van der Waals surface area contributed by atoms with E-state index in [1.54, 1.807) is 25.1 Å². The zero-order chi connectivity index (χ0) is 24.4. The molecule has 0 atom stereocenters. The van der Waals surface area contributed by atoms with Gasteiger partial charge in [-0.3, -0.25) is 14.9 Å². The van der Waals surface area contributed by atoms with Crippen molar-refractivity contribution in [2.45, 2.75) is 20.8 Å². The Bertz CT molecular complexity index is 961. The van der Waals surface area contributed by atoms with Gasteiger partial charge < -0.3 is 29.2 Å². The Kier molecular flexibility index (Phi) is 9.74. The van der Waals surface area contributed by atoms with Crippen LogP contribution in [0.3, 0.4) is 0 Å². The number of likely N-dealkylation sites (N-methyl/N-ethyl adjacent to an activating group) is 1. The number of nitrogens with one attached hydrogen (secondary N) is 1. The molecule has 0 unspecified atom stereocenters. The van der Waals surface area contributed by atoms with Gasteiger partial charge in [0.25, 0.3) is 11.6 Å². The molecule has 0 spiro atoms. The number of nitro groups is 1. The van der Waals surface area contributed by atoms with Gasteiger partial charge in [-0.1, -0.05) is 13.8 Å². The number of carbonyl (C=O) groups is 1. The van der Waals surface area contributed by atoms with Crippen LogP contribution >= 0.6 is 0 Å². The van der Waals surface area contributed by atoms with Crippen LogP contribution in [0.15, 0.2) is 30.3 Å². The molecule has 180 valence electrons. The topological polar surface area (TPSA) is 112 Å². The quantitative estimate of drug-likeness (QED) is 0.352. The van der Waals surface area contributed by atoms with E-state index in [1.165, 1.54) is 26.4 Å². The Morgan fingerprint density at radius 2 is 1.64 bits per heavy atom. The molecule has 10 heteroatoms. The number of ether oxygens (including phenoxy) is 4. The third kappa shape index (κ3) is 6.72. The number of nitro benzene ring substituents is 1. The van der Waals surface area contributed by atoms with Crippen LogP contribution in [0.5, 0.6) is 23.0 Å². The number of amides is 1. The van der Waals surface area contributed by atoms with Crippen LogP contribution in [0.4, 0.5) is 11.4 Å². The van der Waals surface area contributed by atoms with Crippen molar-refractivity contribution >= 4 is 17.3 Å². The number of methoxy groups -OCH3 is 2. The highest BCUT2D eigenvalue weighted by Crippen LogP contribution is 2.36. The molecule has 0 aliphatic heterocycles. The first kappa shape index (κ1) is 25.7. The average Bonchev–Trinajstić information content (AvgIpc) is 2.81. The summed E-state index contributed by atoms with van der Waals surface area (Å²) in [6.07, 6.45) is 0. The van der Waals surface area contributed by atoms with Gasteiger partial charge in [-0.2, -0.15) is 0 Å². The Morgan fingerprint density at radius 3 is 2.21 bits per heavy atom. The summed E-state index contributed by atoms with van der Waals surface area (Å²) in [6.45, 7) is 9.24. The second-order valence-corrected chi connectivity index (χ2v) is 6.91. The minimum Gasteiger partial charge on any atom is -0.493 e. The van der Waals surface area contributed by atoms with E-state index in [2.05, 4.69) is 24.1 Å². The molecule has 2 aromatic rings. The fourth-order valence-electron chi connectivity index (χ4n) is 3.20. The maximum atomic E-state index is 13.0. The summed E-state index contributed by atoms with van der Waals surface area (Å²) in [7, 11) is 2.90. The van der Waals surface area contributed by atoms with Gasteiger partial charge >= 0.3 is 0 Å². The van der Waals surface area contributed by atoms with Gasteiger partial charge in [0.1, 0.15) is 12.2 Å². The highest BCUT2D eigenvalue weighted by Gasteiger charge is 2.25. The lowest BCUT2D eigenvalue weighted by Gasteiger charge is -2.19. The number of carbonyl (C=O) groups excluding carboxylic acids is 1. The van der Waals surface area contributed by atoms with Crippen LogP contribution in [0, 0.1) is 10.1 Å². The highest BCUT2D eigenvalue weighted by atomic mass is 16.6. The molecular weight excluding hydrogens is 430 g/mol. The van der Waals surface area contributed by atoms with E-state index >= 15 is 0 Å². The zero-order valence-corrected chi connectivity index (χ0v) is 19.7. The number of anilines is 1. The van der Waals surface area contributed by atoms with E-state index in [1.807, 2.05) is 0 Å². The van der Waals surface area contributed by atoms with Crippen LogP contribution in [0.25, 0.3) is 0 Å². The van der Waals surface area contributed by atoms with Crippen molar-refractivity contribution in [1.29, 1.82) is 0 Å². The maximum absolute atomic E-state index is 13.0. The predicted molar refractivity (Wildman–Crippen MR) is 125 cm³/mol. The van der Waals surface area contributed by atoms with E-state index in [9.17, 15) is 14.9 Å². The highest BCUT2D eigenvalue weighted by molar-refractivity contribution is 6.07. The molecule has 0 heterocycles. The average molecular weight is 462 g/mol. The fraction of sp³-hybridized carbons (Fsp3) is 0.435. The molecule has 2 rings (SSSR count). The van der Waals surface area contributed by atoms with Crippen molar-refractivity contribution in [3.63, 3.8) is 0 Å². The minimum atomic E-state index is -0.662. The molecule has 0 saturated carbocycles. The van der Waals surface area contributed by atoms with Gasteiger partial charge in [-0.15, -0.1) is 0 Å². The smallest absolute Gasteiger partial charge is 0.286 e. The molecule has 0 aliphatic carbocycles. The van der Waals surface area contributed by atoms with Crippen molar-refractivity contribution in [3.8, 4) is 23.0 Å². The Hall–Kier alpha value is -3.53. The van der Waals surface area contributed by atoms with Crippen LogP contribution < -0.4 is 24.3 Å². The molecule has 0 fully saturated rings. The van der Waals surface area contributed by atoms with E-state index in [0.717, 1.165) is 19.6 Å². The van der Waals surface area contributed by atoms with Gasteiger partial charge in [0.15, 0.2) is 23.0 Å². The fourth-order valence-corrected chi connectivity index (χ4v) is 3.20. The summed E-state index contributed by atoms with van der Waals surface area (Å²) < 4.78 is 21.8. The number of benzene rings is 2. The lowest BCUT2D eigenvalue weighted by atomic mass is 10.1. The van der Waals surface area contributed by atoms with Crippen molar-refractivity contribution in [2.75, 3.05) is 52.4 Å². The molecule has 10 nitrogen and oxygen atoms in total. The summed E-state index contributed by atoms with van der Waals surface area (Å²) in [5.74, 6) is 0.729.